The van der Waals surface area contributed by atoms with Crippen molar-refractivity contribution >= 4 is 17.3 Å². The normalized spacial score (nSPS) is 10.2. The molecule has 0 aliphatic carbocycles. The molecular formula is C16H18FN3O. The Bertz CT molecular complexity index is 616. The highest BCUT2D eigenvalue weighted by atomic mass is 19.1. The second kappa shape index (κ2) is 7.38. The average Bonchev–Trinajstić information content (AvgIpc) is 2.48. The first-order chi connectivity index (χ1) is 10.2. The zero-order chi connectivity index (χ0) is 15.1. The molecule has 0 fully saturated rings. The fourth-order valence-electron chi connectivity index (χ4n) is 1.83. The minimum Gasteiger partial charge on any atom is -0.355 e. The lowest BCUT2D eigenvalue weighted by molar-refractivity contribution is 0.0948. The van der Waals surface area contributed by atoms with Crippen LogP contribution in [0.3, 0.4) is 0 Å². The van der Waals surface area contributed by atoms with Gasteiger partial charge in [-0.25, -0.2) is 4.39 Å². The molecule has 1 heterocycles. The summed E-state index contributed by atoms with van der Waals surface area (Å²) in [6.07, 6.45) is 3.51. The van der Waals surface area contributed by atoms with Crippen molar-refractivity contribution in [2.24, 2.45) is 0 Å². The van der Waals surface area contributed by atoms with Crippen molar-refractivity contribution in [2.75, 3.05) is 11.9 Å². The van der Waals surface area contributed by atoms with Crippen LogP contribution < -0.4 is 10.6 Å². The summed E-state index contributed by atoms with van der Waals surface area (Å²) in [6, 6.07) is 9.52. The predicted molar refractivity (Wildman–Crippen MR) is 81.2 cm³/mol. The average molecular weight is 287 g/mol. The molecule has 5 heteroatoms. The van der Waals surface area contributed by atoms with Gasteiger partial charge in [-0.1, -0.05) is 19.4 Å². The van der Waals surface area contributed by atoms with Crippen molar-refractivity contribution < 1.29 is 9.18 Å². The Hall–Kier alpha value is -2.43. The van der Waals surface area contributed by atoms with E-state index in [1.54, 1.807) is 30.5 Å². The molecular weight excluding hydrogens is 269 g/mol. The number of anilines is 2. The number of hydrogen-bond donors (Lipinski definition) is 2. The van der Waals surface area contributed by atoms with Crippen molar-refractivity contribution in [1.82, 2.24) is 10.3 Å². The smallest absolute Gasteiger partial charge is 0.269 e. The van der Waals surface area contributed by atoms with Gasteiger partial charge in [-0.2, -0.15) is 0 Å². The number of hydrogen-bond acceptors (Lipinski definition) is 3. The number of unbranched alkanes of at least 4 members (excludes halogenated alkanes) is 1. The topological polar surface area (TPSA) is 54.0 Å². The summed E-state index contributed by atoms with van der Waals surface area (Å²) in [6.45, 7) is 2.70. The molecule has 0 aliphatic heterocycles. The number of benzene rings is 1. The Morgan fingerprint density at radius 1 is 1.24 bits per heavy atom. The van der Waals surface area contributed by atoms with E-state index in [1.807, 2.05) is 0 Å². The zero-order valence-corrected chi connectivity index (χ0v) is 11.9. The molecule has 0 unspecified atom stereocenters. The molecule has 0 radical (unpaired) electrons. The van der Waals surface area contributed by atoms with Crippen LogP contribution in [0.25, 0.3) is 0 Å². The lowest BCUT2D eigenvalue weighted by Gasteiger charge is -2.08. The van der Waals surface area contributed by atoms with E-state index in [4.69, 9.17) is 0 Å². The summed E-state index contributed by atoms with van der Waals surface area (Å²) in [5.74, 6) is -0.516. The summed E-state index contributed by atoms with van der Waals surface area (Å²) in [4.78, 5) is 16.0. The van der Waals surface area contributed by atoms with Crippen LogP contribution in [0.5, 0.6) is 0 Å². The standard InChI is InChI=1S/C16H18FN3O/c1-2-3-8-19-16(21)15-11-14(7-9-18-15)20-13-6-4-5-12(17)10-13/h4-7,9-11H,2-3,8H2,1H3,(H,18,20)(H,19,21). The van der Waals surface area contributed by atoms with Crippen molar-refractivity contribution in [3.63, 3.8) is 0 Å². The van der Waals surface area contributed by atoms with E-state index in [2.05, 4.69) is 22.5 Å². The van der Waals surface area contributed by atoms with Crippen LogP contribution in [-0.4, -0.2) is 17.4 Å². The van der Waals surface area contributed by atoms with Gasteiger partial charge in [-0.05, 0) is 36.8 Å². The molecule has 0 aliphatic rings. The summed E-state index contributed by atoms with van der Waals surface area (Å²) < 4.78 is 13.1. The molecule has 110 valence electrons. The highest BCUT2D eigenvalue weighted by Crippen LogP contribution is 2.17. The number of nitrogens with zero attached hydrogens (tertiary/aromatic N) is 1. The van der Waals surface area contributed by atoms with Gasteiger partial charge in [-0.3, -0.25) is 9.78 Å². The third-order valence-electron chi connectivity index (χ3n) is 2.92. The first-order valence-electron chi connectivity index (χ1n) is 6.96. The molecule has 0 spiro atoms. The van der Waals surface area contributed by atoms with E-state index in [9.17, 15) is 9.18 Å². The maximum atomic E-state index is 13.1. The van der Waals surface area contributed by atoms with Crippen LogP contribution in [0.2, 0.25) is 0 Å². The molecule has 0 saturated carbocycles. The van der Waals surface area contributed by atoms with Crippen molar-refractivity contribution in [2.45, 2.75) is 19.8 Å². The molecule has 0 bridgehead atoms. The Kier molecular flexibility index (Phi) is 5.26. The maximum absolute atomic E-state index is 13.1. The third-order valence-corrected chi connectivity index (χ3v) is 2.92. The monoisotopic (exact) mass is 287 g/mol. The molecule has 21 heavy (non-hydrogen) atoms. The van der Waals surface area contributed by atoms with Crippen molar-refractivity contribution in [3.8, 4) is 0 Å². The molecule has 0 saturated heterocycles. The molecule has 2 N–H and O–H groups in total. The zero-order valence-electron chi connectivity index (χ0n) is 11.9. The number of nitrogens with one attached hydrogen (secondary N) is 2. The van der Waals surface area contributed by atoms with Gasteiger partial charge < -0.3 is 10.6 Å². The van der Waals surface area contributed by atoms with Gasteiger partial charge in [0.2, 0.25) is 0 Å². The molecule has 2 rings (SSSR count). The number of rotatable bonds is 6. The summed E-state index contributed by atoms with van der Waals surface area (Å²) in [5, 5.41) is 5.86. The minimum atomic E-state index is -0.313. The third kappa shape index (κ3) is 4.56. The van der Waals surface area contributed by atoms with Gasteiger partial charge in [0, 0.05) is 24.1 Å². The highest BCUT2D eigenvalue weighted by Gasteiger charge is 2.07. The number of carbonyl (C=O) groups is 1. The van der Waals surface area contributed by atoms with Crippen LogP contribution in [0.4, 0.5) is 15.8 Å². The van der Waals surface area contributed by atoms with E-state index in [0.29, 0.717) is 23.6 Å². The highest BCUT2D eigenvalue weighted by molar-refractivity contribution is 5.93. The summed E-state index contributed by atoms with van der Waals surface area (Å²) in [7, 11) is 0. The number of amides is 1. The maximum Gasteiger partial charge on any atom is 0.269 e. The van der Waals surface area contributed by atoms with Crippen LogP contribution in [0, 0.1) is 5.82 Å². The van der Waals surface area contributed by atoms with Crippen LogP contribution in [0.15, 0.2) is 42.6 Å². The Labute approximate surface area is 123 Å². The van der Waals surface area contributed by atoms with Crippen molar-refractivity contribution in [1.29, 1.82) is 0 Å². The predicted octanol–water partition coefficient (Wildman–Crippen LogP) is 3.49. The van der Waals surface area contributed by atoms with Crippen LogP contribution >= 0.6 is 0 Å². The van der Waals surface area contributed by atoms with E-state index in [0.717, 1.165) is 12.8 Å². The Morgan fingerprint density at radius 2 is 2.05 bits per heavy atom. The molecule has 0 atom stereocenters. The number of carbonyl (C=O) groups excluding carboxylic acids is 1. The van der Waals surface area contributed by atoms with E-state index in [-0.39, 0.29) is 11.7 Å². The van der Waals surface area contributed by atoms with Crippen LogP contribution in [0.1, 0.15) is 30.3 Å². The first kappa shape index (κ1) is 15.0. The molecule has 1 amide bonds. The second-order valence-electron chi connectivity index (χ2n) is 4.67. The first-order valence-corrected chi connectivity index (χ1v) is 6.96. The number of aromatic nitrogens is 1. The van der Waals surface area contributed by atoms with E-state index in [1.165, 1.54) is 12.1 Å². The van der Waals surface area contributed by atoms with E-state index >= 15 is 0 Å². The molecule has 1 aromatic carbocycles. The fourth-order valence-corrected chi connectivity index (χ4v) is 1.83. The van der Waals surface area contributed by atoms with Gasteiger partial charge in [-0.15, -0.1) is 0 Å². The summed E-state index contributed by atoms with van der Waals surface area (Å²) in [5.41, 5.74) is 1.65. The van der Waals surface area contributed by atoms with E-state index < -0.39 is 0 Å². The quantitative estimate of drug-likeness (QED) is 0.800. The molecule has 2 aromatic rings. The summed E-state index contributed by atoms with van der Waals surface area (Å²) >= 11 is 0. The second-order valence-corrected chi connectivity index (χ2v) is 4.67. The number of halogens is 1. The molecule has 1 aromatic heterocycles. The van der Waals surface area contributed by atoms with Gasteiger partial charge in [0.05, 0.1) is 0 Å². The lowest BCUT2D eigenvalue weighted by Crippen LogP contribution is -2.25. The van der Waals surface area contributed by atoms with Gasteiger partial charge >= 0.3 is 0 Å². The fraction of sp³-hybridized carbons (Fsp3) is 0.250. The van der Waals surface area contributed by atoms with Crippen molar-refractivity contribution in [3.05, 3.63) is 54.1 Å². The lowest BCUT2D eigenvalue weighted by atomic mass is 10.2. The Balaban J connectivity index is 2.05. The minimum absolute atomic E-state index is 0.202. The largest absolute Gasteiger partial charge is 0.355 e. The molecule has 4 nitrogen and oxygen atoms in total. The van der Waals surface area contributed by atoms with Gasteiger partial charge in [0.25, 0.3) is 5.91 Å². The Morgan fingerprint density at radius 3 is 2.81 bits per heavy atom. The number of pyridine rings is 1. The SMILES string of the molecule is CCCCNC(=O)c1cc(Nc2cccc(F)c2)ccn1. The van der Waals surface area contributed by atoms with Gasteiger partial charge in [0.1, 0.15) is 11.5 Å². The van der Waals surface area contributed by atoms with Crippen LogP contribution in [-0.2, 0) is 0 Å². The van der Waals surface area contributed by atoms with Gasteiger partial charge in [0.15, 0.2) is 0 Å².